The van der Waals surface area contributed by atoms with Crippen LogP contribution in [0, 0.1) is 5.92 Å². The van der Waals surface area contributed by atoms with Crippen LogP contribution < -0.4 is 10.5 Å². The van der Waals surface area contributed by atoms with Crippen LogP contribution in [0.1, 0.15) is 23.6 Å². The van der Waals surface area contributed by atoms with Gasteiger partial charge in [-0.25, -0.2) is 0 Å². The van der Waals surface area contributed by atoms with E-state index >= 15 is 0 Å². The van der Waals surface area contributed by atoms with Gasteiger partial charge in [0, 0.05) is 28.2 Å². The van der Waals surface area contributed by atoms with Crippen LogP contribution in [0.3, 0.4) is 0 Å². The van der Waals surface area contributed by atoms with Gasteiger partial charge >= 0.3 is 0 Å². The molecule has 104 valence electrons. The highest BCUT2D eigenvalue weighted by molar-refractivity contribution is 9.10. The molecular formula is C14H19BrN2O2. The Balaban J connectivity index is 1.98. The lowest BCUT2D eigenvalue weighted by molar-refractivity contribution is -0.0177. The fourth-order valence-electron chi connectivity index (χ4n) is 3.10. The zero-order chi connectivity index (χ0) is 13.4. The van der Waals surface area contributed by atoms with E-state index < -0.39 is 0 Å². The van der Waals surface area contributed by atoms with E-state index in [0.717, 1.165) is 35.3 Å². The normalized spacial score (nSPS) is 27.1. The molecule has 1 aromatic rings. The first-order valence-corrected chi connectivity index (χ1v) is 7.41. The first-order chi connectivity index (χ1) is 9.19. The second-order valence-electron chi connectivity index (χ2n) is 5.39. The Bertz CT molecular complexity index is 481. The molecule has 0 aromatic heterocycles. The summed E-state index contributed by atoms with van der Waals surface area (Å²) in [5.74, 6) is 1.58. The van der Waals surface area contributed by atoms with E-state index in [0.29, 0.717) is 25.4 Å². The van der Waals surface area contributed by atoms with Crippen LogP contribution in [0.2, 0.25) is 0 Å². The van der Waals surface area contributed by atoms with Crippen molar-refractivity contribution in [1.29, 1.82) is 0 Å². The maximum atomic E-state index is 5.82. The number of nitrogens with zero attached hydrogens (tertiary/aromatic N) is 1. The minimum atomic E-state index is 0.346. The van der Waals surface area contributed by atoms with Crippen molar-refractivity contribution in [3.63, 3.8) is 0 Å². The zero-order valence-electron chi connectivity index (χ0n) is 11.1. The van der Waals surface area contributed by atoms with Gasteiger partial charge in [0.1, 0.15) is 5.75 Å². The van der Waals surface area contributed by atoms with Crippen molar-refractivity contribution in [2.75, 3.05) is 26.9 Å². The molecule has 0 radical (unpaired) electrons. The first kappa shape index (κ1) is 13.4. The fourth-order valence-corrected chi connectivity index (χ4v) is 3.62. The van der Waals surface area contributed by atoms with Gasteiger partial charge in [0.25, 0.3) is 0 Å². The van der Waals surface area contributed by atoms with Gasteiger partial charge < -0.3 is 15.2 Å². The van der Waals surface area contributed by atoms with Gasteiger partial charge in [0.2, 0.25) is 0 Å². The number of fused-ring (bicyclic) bond motifs is 1. The van der Waals surface area contributed by atoms with Crippen LogP contribution in [-0.2, 0) is 11.3 Å². The highest BCUT2D eigenvalue weighted by Crippen LogP contribution is 2.42. The topological polar surface area (TPSA) is 47.7 Å². The van der Waals surface area contributed by atoms with Gasteiger partial charge in [0.05, 0.1) is 6.61 Å². The summed E-state index contributed by atoms with van der Waals surface area (Å²) in [4.78, 5) is 2.37. The lowest BCUT2D eigenvalue weighted by Gasteiger charge is -2.27. The number of likely N-dealkylation sites (tertiary alicyclic amines) is 1. The lowest BCUT2D eigenvalue weighted by atomic mass is 9.97. The molecule has 0 amide bonds. The zero-order valence-corrected chi connectivity index (χ0v) is 12.6. The van der Waals surface area contributed by atoms with Crippen molar-refractivity contribution in [3.8, 4) is 5.75 Å². The van der Waals surface area contributed by atoms with Crippen LogP contribution in [0.5, 0.6) is 5.75 Å². The summed E-state index contributed by atoms with van der Waals surface area (Å²) in [6.07, 6.45) is 1.10. The van der Waals surface area contributed by atoms with Gasteiger partial charge in [0.15, 0.2) is 6.79 Å². The molecule has 1 aromatic carbocycles. The number of rotatable bonds is 2. The minimum Gasteiger partial charge on any atom is -0.467 e. The van der Waals surface area contributed by atoms with Gasteiger partial charge in [-0.1, -0.05) is 15.9 Å². The highest BCUT2D eigenvalue weighted by atomic mass is 79.9. The average Bonchev–Trinajstić information content (AvgIpc) is 2.79. The molecule has 1 saturated heterocycles. The van der Waals surface area contributed by atoms with Crippen molar-refractivity contribution in [2.45, 2.75) is 19.1 Å². The van der Waals surface area contributed by atoms with Crippen molar-refractivity contribution >= 4 is 15.9 Å². The van der Waals surface area contributed by atoms with Crippen LogP contribution in [0.15, 0.2) is 16.6 Å². The number of halogens is 1. The molecule has 0 saturated carbocycles. The van der Waals surface area contributed by atoms with Gasteiger partial charge in [-0.3, -0.25) is 4.90 Å². The van der Waals surface area contributed by atoms with Crippen LogP contribution >= 0.6 is 15.9 Å². The van der Waals surface area contributed by atoms with Crippen molar-refractivity contribution in [1.82, 2.24) is 4.90 Å². The van der Waals surface area contributed by atoms with E-state index in [2.05, 4.69) is 40.0 Å². The summed E-state index contributed by atoms with van der Waals surface area (Å²) in [6.45, 7) is 2.77. The van der Waals surface area contributed by atoms with Gasteiger partial charge in [-0.2, -0.15) is 0 Å². The predicted octanol–water partition coefficient (Wildman–Crippen LogP) is 2.27. The molecule has 0 spiro atoms. The van der Waals surface area contributed by atoms with Gasteiger partial charge in [-0.15, -0.1) is 0 Å². The quantitative estimate of drug-likeness (QED) is 0.905. The second kappa shape index (κ2) is 5.40. The average molecular weight is 327 g/mol. The Morgan fingerprint density at radius 2 is 2.32 bits per heavy atom. The minimum absolute atomic E-state index is 0.346. The monoisotopic (exact) mass is 326 g/mol. The summed E-state index contributed by atoms with van der Waals surface area (Å²) in [6, 6.07) is 4.63. The molecule has 2 unspecified atom stereocenters. The standard InChI is InChI=1S/C14H19BrN2O2/c1-17-6-9(5-16)2-13(17)12-4-11(15)3-10-7-18-8-19-14(10)12/h3-4,9,13H,2,5-8,16H2,1H3. The first-order valence-electron chi connectivity index (χ1n) is 6.62. The second-order valence-corrected chi connectivity index (χ2v) is 6.30. The molecule has 19 heavy (non-hydrogen) atoms. The summed E-state index contributed by atoms with van der Waals surface area (Å²) in [5, 5.41) is 0. The molecule has 3 rings (SSSR count). The Kier molecular flexibility index (Phi) is 3.80. The molecule has 0 aliphatic carbocycles. The largest absolute Gasteiger partial charge is 0.467 e. The van der Waals surface area contributed by atoms with E-state index in [4.69, 9.17) is 15.2 Å². The number of hydrogen-bond donors (Lipinski definition) is 1. The van der Waals surface area contributed by atoms with Crippen molar-refractivity contribution in [3.05, 3.63) is 27.7 Å². The van der Waals surface area contributed by atoms with E-state index in [1.54, 1.807) is 0 Å². The third-order valence-electron chi connectivity index (χ3n) is 4.03. The summed E-state index contributed by atoms with van der Waals surface area (Å²) in [5.41, 5.74) is 8.20. The van der Waals surface area contributed by atoms with Crippen LogP contribution in [-0.4, -0.2) is 31.8 Å². The number of benzene rings is 1. The Hall–Kier alpha value is -0.620. The highest BCUT2D eigenvalue weighted by Gasteiger charge is 2.33. The molecule has 0 bridgehead atoms. The molecule has 1 fully saturated rings. The molecule has 2 N–H and O–H groups in total. The third kappa shape index (κ3) is 2.52. The van der Waals surface area contributed by atoms with E-state index in [-0.39, 0.29) is 0 Å². The molecule has 5 heteroatoms. The van der Waals surface area contributed by atoms with Crippen molar-refractivity contribution < 1.29 is 9.47 Å². The van der Waals surface area contributed by atoms with Gasteiger partial charge in [-0.05, 0) is 38.1 Å². The Morgan fingerprint density at radius 3 is 3.05 bits per heavy atom. The Morgan fingerprint density at radius 1 is 1.47 bits per heavy atom. The fraction of sp³-hybridized carbons (Fsp3) is 0.571. The smallest absolute Gasteiger partial charge is 0.189 e. The molecule has 4 nitrogen and oxygen atoms in total. The molecule has 2 aliphatic heterocycles. The predicted molar refractivity (Wildman–Crippen MR) is 77.0 cm³/mol. The third-order valence-corrected chi connectivity index (χ3v) is 4.49. The maximum Gasteiger partial charge on any atom is 0.189 e. The maximum absolute atomic E-state index is 5.82. The number of nitrogens with two attached hydrogens (primary N) is 1. The Labute approximate surface area is 122 Å². The number of hydrogen-bond acceptors (Lipinski definition) is 4. The van der Waals surface area contributed by atoms with E-state index in [9.17, 15) is 0 Å². The SMILES string of the molecule is CN1CC(CN)CC1c1cc(Br)cc2c1OCOC2. The van der Waals surface area contributed by atoms with Crippen molar-refractivity contribution in [2.24, 2.45) is 11.7 Å². The molecular weight excluding hydrogens is 308 g/mol. The van der Waals surface area contributed by atoms with E-state index in [1.165, 1.54) is 5.56 Å². The van der Waals surface area contributed by atoms with Crippen LogP contribution in [0.25, 0.3) is 0 Å². The van der Waals surface area contributed by atoms with Crippen LogP contribution in [0.4, 0.5) is 0 Å². The molecule has 2 heterocycles. The lowest BCUT2D eigenvalue weighted by Crippen LogP contribution is -2.22. The number of ether oxygens (including phenoxy) is 2. The summed E-state index contributed by atoms with van der Waals surface area (Å²) in [7, 11) is 2.16. The summed E-state index contributed by atoms with van der Waals surface area (Å²) >= 11 is 3.59. The van der Waals surface area contributed by atoms with E-state index in [1.807, 2.05) is 0 Å². The molecule has 2 atom stereocenters. The molecule has 2 aliphatic rings. The summed E-state index contributed by atoms with van der Waals surface area (Å²) < 4.78 is 12.2.